The topological polar surface area (TPSA) is 60.4 Å². The zero-order valence-corrected chi connectivity index (χ0v) is 26.4. The predicted octanol–water partition coefficient (Wildman–Crippen LogP) is 9.15. The second kappa shape index (κ2) is 12.1. The van der Waals surface area contributed by atoms with E-state index in [0.717, 1.165) is 56.4 Å². The molecule has 4 nitrogen and oxygen atoms in total. The SMILES string of the molecule is CCCCCC(=O)O[C@H]1CC[C@@]2(C)C(=C(S(=O)(=O)F)C[C@H]3[C@@H]4CC[C@H]([C@H](C)CCCC(C)C)[C@@]4(C)CC[C@@H]32)C1. The fourth-order valence-corrected chi connectivity index (χ4v) is 10.9. The first-order chi connectivity index (χ1) is 18.3. The fraction of sp³-hybridized carbons (Fsp3) is 0.909. The van der Waals surface area contributed by atoms with Gasteiger partial charge in [0.15, 0.2) is 0 Å². The minimum Gasteiger partial charge on any atom is -0.462 e. The molecule has 0 aromatic carbocycles. The number of esters is 1. The molecule has 39 heavy (non-hydrogen) atoms. The number of fused-ring (bicyclic) bond motifs is 5. The Morgan fingerprint density at radius 2 is 1.72 bits per heavy atom. The van der Waals surface area contributed by atoms with Gasteiger partial charge in [0.25, 0.3) is 0 Å². The Morgan fingerprint density at radius 1 is 0.974 bits per heavy atom. The Bertz CT molecular complexity index is 1020. The monoisotopic (exact) mass is 566 g/mol. The molecule has 0 unspecified atom stereocenters. The van der Waals surface area contributed by atoms with Crippen LogP contribution in [0, 0.1) is 46.3 Å². The highest BCUT2D eigenvalue weighted by Crippen LogP contribution is 2.68. The number of halogens is 1. The Kier molecular flexibility index (Phi) is 9.66. The predicted molar refractivity (Wildman–Crippen MR) is 156 cm³/mol. The third-order valence-corrected chi connectivity index (χ3v) is 12.9. The standard InChI is InChI=1S/C33H55FO4S/c1-7-8-9-13-31(35)38-24-16-18-33(6)28-17-19-32(5)26(23(4)12-10-11-22(2)3)14-15-27(32)25(28)21-30(29(33)20-24)39(34,36)37/h22-28H,7-21H2,1-6H3/t23-,24+,25+,26-,27+,28+,32-,33-/m1/s1. The molecule has 3 saturated carbocycles. The summed E-state index contributed by atoms with van der Waals surface area (Å²) in [4.78, 5) is 12.5. The van der Waals surface area contributed by atoms with E-state index < -0.39 is 10.2 Å². The third-order valence-electron chi connectivity index (χ3n) is 11.9. The molecule has 0 aromatic rings. The molecule has 8 atom stereocenters. The first kappa shape index (κ1) is 31.0. The maximum atomic E-state index is 15.0. The van der Waals surface area contributed by atoms with Gasteiger partial charge in [0, 0.05) is 12.8 Å². The molecule has 224 valence electrons. The van der Waals surface area contributed by atoms with Crippen molar-refractivity contribution in [2.24, 2.45) is 46.3 Å². The van der Waals surface area contributed by atoms with E-state index in [0.29, 0.717) is 42.9 Å². The van der Waals surface area contributed by atoms with Crippen molar-refractivity contribution in [3.8, 4) is 0 Å². The molecular formula is C33H55FO4S. The van der Waals surface area contributed by atoms with Crippen LogP contribution in [0.25, 0.3) is 0 Å². The Balaban J connectivity index is 1.55. The first-order valence-electron chi connectivity index (χ1n) is 16.2. The van der Waals surface area contributed by atoms with E-state index in [1.165, 1.54) is 32.1 Å². The molecule has 0 aliphatic heterocycles. The van der Waals surface area contributed by atoms with Crippen LogP contribution < -0.4 is 0 Å². The average molecular weight is 567 g/mol. The van der Waals surface area contributed by atoms with E-state index in [2.05, 4.69) is 41.5 Å². The minimum absolute atomic E-state index is 0.0377. The molecule has 4 rings (SSSR count). The average Bonchev–Trinajstić information content (AvgIpc) is 3.20. The fourth-order valence-electron chi connectivity index (χ4n) is 9.85. The van der Waals surface area contributed by atoms with Gasteiger partial charge in [-0.25, -0.2) is 0 Å². The van der Waals surface area contributed by atoms with E-state index in [1.807, 2.05) is 0 Å². The maximum Gasteiger partial charge on any atom is 0.328 e. The van der Waals surface area contributed by atoms with Crippen LogP contribution in [0.4, 0.5) is 3.89 Å². The lowest BCUT2D eigenvalue weighted by Crippen LogP contribution is -2.52. The third kappa shape index (κ3) is 6.31. The minimum atomic E-state index is -4.81. The second-order valence-electron chi connectivity index (χ2n) is 14.7. The molecule has 0 saturated heterocycles. The van der Waals surface area contributed by atoms with Gasteiger partial charge in [-0.3, -0.25) is 4.79 Å². The van der Waals surface area contributed by atoms with Crippen molar-refractivity contribution in [1.29, 1.82) is 0 Å². The molecule has 4 aliphatic rings. The van der Waals surface area contributed by atoms with Crippen LogP contribution in [0.1, 0.15) is 138 Å². The van der Waals surface area contributed by atoms with Crippen LogP contribution in [0.5, 0.6) is 0 Å². The molecule has 0 radical (unpaired) electrons. The van der Waals surface area contributed by atoms with Gasteiger partial charge < -0.3 is 4.74 Å². The van der Waals surface area contributed by atoms with Gasteiger partial charge in [-0.05, 0) is 103 Å². The zero-order valence-electron chi connectivity index (χ0n) is 25.6. The van der Waals surface area contributed by atoms with Gasteiger partial charge in [0.2, 0.25) is 0 Å². The van der Waals surface area contributed by atoms with Crippen LogP contribution in [-0.2, 0) is 19.8 Å². The number of unbranched alkanes of at least 4 members (excludes halogenated alkanes) is 2. The van der Waals surface area contributed by atoms with Crippen LogP contribution in [0.15, 0.2) is 10.5 Å². The van der Waals surface area contributed by atoms with Gasteiger partial charge in [0.1, 0.15) is 6.10 Å². The summed E-state index contributed by atoms with van der Waals surface area (Å²) in [5, 5.41) is 0. The van der Waals surface area contributed by atoms with Crippen LogP contribution in [-0.4, -0.2) is 20.5 Å². The van der Waals surface area contributed by atoms with Crippen molar-refractivity contribution < 1.29 is 21.8 Å². The van der Waals surface area contributed by atoms with Crippen molar-refractivity contribution in [2.45, 2.75) is 144 Å². The van der Waals surface area contributed by atoms with E-state index in [1.54, 1.807) is 0 Å². The Hall–Kier alpha value is -0.910. The molecule has 4 aliphatic carbocycles. The molecule has 6 heteroatoms. The number of carbonyl (C=O) groups is 1. The van der Waals surface area contributed by atoms with E-state index in [-0.39, 0.29) is 33.7 Å². The molecule has 3 fully saturated rings. The maximum absolute atomic E-state index is 15.0. The normalized spacial score (nSPS) is 37.3. The first-order valence-corrected chi connectivity index (χ1v) is 17.6. The number of allylic oxidation sites excluding steroid dienone is 1. The molecule has 0 aromatic heterocycles. The summed E-state index contributed by atoms with van der Waals surface area (Å²) in [6.45, 7) is 13.8. The number of ether oxygens (including phenoxy) is 1. The number of hydrogen-bond donors (Lipinski definition) is 0. The highest BCUT2D eigenvalue weighted by Gasteiger charge is 2.61. The summed E-state index contributed by atoms with van der Waals surface area (Å²) < 4.78 is 46.1. The van der Waals surface area contributed by atoms with E-state index >= 15 is 3.89 Å². The summed E-state index contributed by atoms with van der Waals surface area (Å²) >= 11 is 0. The number of carbonyl (C=O) groups excluding carboxylic acids is 1. The molecule has 0 N–H and O–H groups in total. The summed E-state index contributed by atoms with van der Waals surface area (Å²) in [6.07, 6.45) is 13.6. The molecule has 0 amide bonds. The molecule has 0 heterocycles. The summed E-state index contributed by atoms with van der Waals surface area (Å²) in [7, 11) is -4.81. The number of rotatable bonds is 11. The van der Waals surface area contributed by atoms with Gasteiger partial charge in [0.05, 0.1) is 4.91 Å². The van der Waals surface area contributed by atoms with Crippen molar-refractivity contribution in [1.82, 2.24) is 0 Å². The molecule has 0 bridgehead atoms. The Morgan fingerprint density at radius 3 is 2.38 bits per heavy atom. The van der Waals surface area contributed by atoms with Gasteiger partial charge >= 0.3 is 16.2 Å². The molecule has 0 spiro atoms. The van der Waals surface area contributed by atoms with Gasteiger partial charge in [-0.2, -0.15) is 8.42 Å². The van der Waals surface area contributed by atoms with Crippen molar-refractivity contribution in [3.05, 3.63) is 10.5 Å². The highest BCUT2D eigenvalue weighted by molar-refractivity contribution is 7.90. The Labute approximate surface area is 238 Å². The van der Waals surface area contributed by atoms with Crippen molar-refractivity contribution in [3.63, 3.8) is 0 Å². The zero-order chi connectivity index (χ0) is 28.6. The van der Waals surface area contributed by atoms with Crippen LogP contribution in [0.2, 0.25) is 0 Å². The quantitative estimate of drug-likeness (QED) is 0.142. The van der Waals surface area contributed by atoms with Crippen LogP contribution in [0.3, 0.4) is 0 Å². The lowest BCUT2D eigenvalue weighted by Gasteiger charge is -2.59. The van der Waals surface area contributed by atoms with Gasteiger partial charge in [-0.15, -0.1) is 3.89 Å². The summed E-state index contributed by atoms with van der Waals surface area (Å²) in [5.74, 6) is 2.94. The lowest BCUT2D eigenvalue weighted by atomic mass is 9.47. The highest BCUT2D eigenvalue weighted by atomic mass is 32.3. The van der Waals surface area contributed by atoms with Gasteiger partial charge in [-0.1, -0.05) is 73.6 Å². The lowest BCUT2D eigenvalue weighted by molar-refractivity contribution is -0.151. The van der Waals surface area contributed by atoms with E-state index in [9.17, 15) is 13.2 Å². The molecular weight excluding hydrogens is 511 g/mol. The van der Waals surface area contributed by atoms with Crippen LogP contribution >= 0.6 is 0 Å². The van der Waals surface area contributed by atoms with Crippen molar-refractivity contribution >= 4 is 16.2 Å². The van der Waals surface area contributed by atoms with E-state index in [4.69, 9.17) is 4.74 Å². The summed E-state index contributed by atoms with van der Waals surface area (Å²) in [5.41, 5.74) is 0.622. The number of hydrogen-bond acceptors (Lipinski definition) is 4. The largest absolute Gasteiger partial charge is 0.462 e. The summed E-state index contributed by atoms with van der Waals surface area (Å²) in [6, 6.07) is 0. The second-order valence-corrected chi connectivity index (χ2v) is 16.0. The van der Waals surface area contributed by atoms with Crippen molar-refractivity contribution in [2.75, 3.05) is 0 Å². The smallest absolute Gasteiger partial charge is 0.328 e.